The highest BCUT2D eigenvalue weighted by Crippen LogP contribution is 2.25. The van der Waals surface area contributed by atoms with Gasteiger partial charge in [0.1, 0.15) is 16.4 Å². The summed E-state index contributed by atoms with van der Waals surface area (Å²) in [5.74, 6) is -0.517. The van der Waals surface area contributed by atoms with Gasteiger partial charge in [-0.25, -0.2) is 18.2 Å². The molecular weight excluding hydrogens is 641 g/mol. The number of hydrogen-bond donors (Lipinski definition) is 0. The smallest absolute Gasteiger partial charge is 0.369 e. The number of esters is 1. The molecule has 0 spiro atoms. The van der Waals surface area contributed by atoms with Gasteiger partial charge in [-0.15, -0.1) is 0 Å². The van der Waals surface area contributed by atoms with Gasteiger partial charge >= 0.3 is 27.2 Å². The first-order chi connectivity index (χ1) is 18.1. The molecule has 9 nitrogen and oxygen atoms in total. The van der Waals surface area contributed by atoms with Crippen molar-refractivity contribution in [2.75, 3.05) is 13.7 Å². The summed E-state index contributed by atoms with van der Waals surface area (Å²) < 4.78 is 40.6. The Hall–Kier alpha value is -3.07. The molecule has 2 aromatic carbocycles. The van der Waals surface area contributed by atoms with Crippen molar-refractivity contribution in [2.45, 2.75) is 25.3 Å². The predicted octanol–water partition coefficient (Wildman–Crippen LogP) is 0.724. The zero-order valence-electron chi connectivity index (χ0n) is 20.8. The minimum atomic E-state index is -4.27. The van der Waals surface area contributed by atoms with Gasteiger partial charge in [-0.2, -0.15) is 0 Å². The summed E-state index contributed by atoms with van der Waals surface area (Å²) in [7, 11) is -2.53. The van der Waals surface area contributed by atoms with Crippen LogP contribution in [-0.4, -0.2) is 53.0 Å². The predicted molar refractivity (Wildman–Crippen MR) is 136 cm³/mol. The van der Waals surface area contributed by atoms with Crippen LogP contribution < -0.4 is 21.2 Å². The Labute approximate surface area is 235 Å². The van der Waals surface area contributed by atoms with Gasteiger partial charge in [-0.05, 0) is 49.6 Å². The number of hydrogen-bond acceptors (Lipinski definition) is 8. The van der Waals surface area contributed by atoms with Crippen molar-refractivity contribution in [3.8, 4) is 5.69 Å². The molecule has 0 unspecified atom stereocenters. The summed E-state index contributed by atoms with van der Waals surface area (Å²) in [4.78, 5) is 30.9. The SMILES string of the molecule is CCOC(=O)c1ncn2c1CN(C)C(=O)c1cc([I+]c3cccs3)ccc1-2.Cc1ccc(S(=O)(=O)[O-])cc1. The molecule has 0 bridgehead atoms. The third kappa shape index (κ3) is 6.31. The molecule has 5 rings (SSSR count). The van der Waals surface area contributed by atoms with Gasteiger partial charge in [0.2, 0.25) is 2.88 Å². The molecule has 0 saturated carbocycles. The number of fused-ring (bicyclic) bond motifs is 3. The van der Waals surface area contributed by atoms with Crippen LogP contribution >= 0.6 is 11.3 Å². The van der Waals surface area contributed by atoms with E-state index < -0.39 is 16.1 Å². The van der Waals surface area contributed by atoms with Crippen LogP contribution in [0.1, 0.15) is 39.0 Å². The van der Waals surface area contributed by atoms with Crippen LogP contribution in [0.3, 0.4) is 0 Å². The van der Waals surface area contributed by atoms with Gasteiger partial charge < -0.3 is 14.2 Å². The molecule has 0 aliphatic carbocycles. The molecule has 1 aliphatic rings. The standard InChI is InChI=1S/C19H17IN3O3S.C7H8O3S/c1-3-26-19(25)17-15-10-22(2)18(24)13-9-12(20-16-5-4-8-27-16)6-7-14(13)23(15)11-21-17;1-6-2-4-7(5-3-6)11(8,9)10/h4-9,11H,3,10H2,1-2H3;2-5H,1H3,(H,8,9,10)/q+1;/p-1. The minimum absolute atomic E-state index is 0.0550. The summed E-state index contributed by atoms with van der Waals surface area (Å²) in [5.41, 5.74) is 3.25. The van der Waals surface area contributed by atoms with Gasteiger partial charge in [0.05, 0.1) is 35.0 Å². The molecule has 38 heavy (non-hydrogen) atoms. The number of nitrogens with zero attached hydrogens (tertiary/aromatic N) is 3. The molecule has 1 aliphatic heterocycles. The van der Waals surface area contributed by atoms with Crippen LogP contribution in [0.2, 0.25) is 0 Å². The van der Waals surface area contributed by atoms with E-state index in [-0.39, 0.29) is 44.3 Å². The Morgan fingerprint density at radius 3 is 2.55 bits per heavy atom. The molecule has 1 amide bonds. The van der Waals surface area contributed by atoms with Crippen LogP contribution in [-0.2, 0) is 21.4 Å². The molecule has 12 heteroatoms. The van der Waals surface area contributed by atoms with Crippen LogP contribution in [0.25, 0.3) is 5.69 Å². The Bertz CT molecular complexity index is 1560. The third-order valence-corrected chi connectivity index (χ3v) is 10.5. The molecule has 2 aromatic heterocycles. The summed E-state index contributed by atoms with van der Waals surface area (Å²) in [6, 6.07) is 16.0. The van der Waals surface area contributed by atoms with Crippen LogP contribution in [0, 0.1) is 13.4 Å². The molecule has 0 radical (unpaired) electrons. The second-order valence-electron chi connectivity index (χ2n) is 8.23. The molecule has 3 heterocycles. The quantitative estimate of drug-likeness (QED) is 0.175. The molecule has 0 fully saturated rings. The van der Waals surface area contributed by atoms with E-state index in [1.807, 2.05) is 23.6 Å². The Morgan fingerprint density at radius 1 is 1.18 bits per heavy atom. The van der Waals surface area contributed by atoms with Gasteiger partial charge in [-0.1, -0.05) is 29.0 Å². The zero-order valence-corrected chi connectivity index (χ0v) is 24.5. The Morgan fingerprint density at radius 2 is 1.92 bits per heavy atom. The largest absolute Gasteiger partial charge is 0.744 e. The van der Waals surface area contributed by atoms with Crippen LogP contribution in [0.5, 0.6) is 0 Å². The number of benzene rings is 2. The average Bonchev–Trinajstić information content (AvgIpc) is 3.52. The molecule has 198 valence electrons. The fraction of sp³-hybridized carbons (Fsp3) is 0.192. The highest BCUT2D eigenvalue weighted by molar-refractivity contribution is 7.85. The lowest BCUT2D eigenvalue weighted by Gasteiger charge is -2.14. The van der Waals surface area contributed by atoms with Gasteiger partial charge in [0.25, 0.3) is 5.91 Å². The lowest BCUT2D eigenvalue weighted by molar-refractivity contribution is -0.591. The number of rotatable bonds is 5. The van der Waals surface area contributed by atoms with Crippen molar-refractivity contribution in [1.82, 2.24) is 14.5 Å². The highest BCUT2D eigenvalue weighted by atomic mass is 127. The number of carbonyl (C=O) groups is 2. The van der Waals surface area contributed by atoms with E-state index in [0.717, 1.165) is 11.3 Å². The van der Waals surface area contributed by atoms with Crippen molar-refractivity contribution < 1.29 is 48.5 Å². The number of imidazole rings is 1. The lowest BCUT2D eigenvalue weighted by Crippen LogP contribution is -3.61. The highest BCUT2D eigenvalue weighted by Gasteiger charge is 2.30. The molecule has 0 N–H and O–H groups in total. The van der Waals surface area contributed by atoms with Crippen molar-refractivity contribution in [1.29, 1.82) is 0 Å². The number of ether oxygens (including phenoxy) is 1. The zero-order chi connectivity index (χ0) is 27.4. The van der Waals surface area contributed by atoms with Crippen LogP contribution in [0.4, 0.5) is 0 Å². The first-order valence-electron chi connectivity index (χ1n) is 11.4. The van der Waals surface area contributed by atoms with Crippen molar-refractivity contribution in [3.63, 3.8) is 0 Å². The number of aromatic nitrogens is 2. The lowest BCUT2D eigenvalue weighted by atomic mass is 10.1. The topological polar surface area (TPSA) is 122 Å². The second-order valence-corrected chi connectivity index (χ2v) is 14.2. The first-order valence-corrected chi connectivity index (χ1v) is 15.9. The average molecular weight is 666 g/mol. The molecule has 0 saturated heterocycles. The number of thiophene rings is 1. The minimum Gasteiger partial charge on any atom is -0.744 e. The number of halogens is 1. The van der Waals surface area contributed by atoms with Gasteiger partial charge in [-0.3, -0.25) is 9.36 Å². The molecule has 4 aromatic rings. The van der Waals surface area contributed by atoms with E-state index in [1.165, 1.54) is 18.6 Å². The third-order valence-electron chi connectivity index (χ3n) is 5.52. The summed E-state index contributed by atoms with van der Waals surface area (Å²) >= 11 is 1.42. The fourth-order valence-electron chi connectivity index (χ4n) is 3.68. The van der Waals surface area contributed by atoms with Gasteiger partial charge in [0, 0.05) is 19.2 Å². The van der Waals surface area contributed by atoms with Crippen molar-refractivity contribution in [2.24, 2.45) is 0 Å². The maximum Gasteiger partial charge on any atom is 0.369 e. The van der Waals surface area contributed by atoms with Crippen LogP contribution in [0.15, 0.2) is 71.2 Å². The van der Waals surface area contributed by atoms with E-state index in [2.05, 4.69) is 28.6 Å². The fourth-order valence-corrected chi connectivity index (χ4v) is 7.88. The monoisotopic (exact) mass is 665 g/mol. The van der Waals surface area contributed by atoms with Crippen molar-refractivity contribution >= 4 is 33.3 Å². The summed E-state index contributed by atoms with van der Waals surface area (Å²) in [5, 5.41) is 2.08. The van der Waals surface area contributed by atoms with Crippen molar-refractivity contribution in [3.05, 3.63) is 95.3 Å². The van der Waals surface area contributed by atoms with E-state index in [9.17, 15) is 22.6 Å². The number of aryl methyl sites for hydroxylation is 1. The molecular formula is C26H24IN3O6S2. The first kappa shape index (κ1) is 28.0. The summed E-state index contributed by atoms with van der Waals surface area (Å²) in [6.07, 6.45) is 1.60. The maximum atomic E-state index is 13.0. The number of amides is 1. The Balaban J connectivity index is 0.000000257. The summed E-state index contributed by atoms with van der Waals surface area (Å²) in [6.45, 7) is 4.17. The van der Waals surface area contributed by atoms with E-state index in [1.54, 1.807) is 48.7 Å². The normalized spacial score (nSPS) is 12.6. The van der Waals surface area contributed by atoms with E-state index >= 15 is 0 Å². The Kier molecular flexibility index (Phi) is 8.65. The van der Waals surface area contributed by atoms with E-state index in [4.69, 9.17) is 4.74 Å². The number of carbonyl (C=O) groups excluding carboxylic acids is 2. The van der Waals surface area contributed by atoms with Gasteiger partial charge in [0.15, 0.2) is 9.26 Å². The maximum absolute atomic E-state index is 13.0. The van der Waals surface area contributed by atoms with E-state index in [0.29, 0.717) is 17.8 Å². The molecule has 0 atom stereocenters. The second kappa shape index (κ2) is 11.8.